The van der Waals surface area contributed by atoms with E-state index in [-0.39, 0.29) is 12.1 Å². The molecule has 5 nitrogen and oxygen atoms in total. The van der Waals surface area contributed by atoms with Gasteiger partial charge in [-0.25, -0.2) is 4.79 Å². The number of hydrogen-bond acceptors (Lipinski definition) is 4. The van der Waals surface area contributed by atoms with Crippen molar-refractivity contribution in [2.24, 2.45) is 0 Å². The van der Waals surface area contributed by atoms with Crippen LogP contribution in [0.1, 0.15) is 11.8 Å². The van der Waals surface area contributed by atoms with Crippen molar-refractivity contribution >= 4 is 23.1 Å². The molecule has 0 radical (unpaired) electrons. The molecule has 1 aromatic carbocycles. The van der Waals surface area contributed by atoms with Crippen LogP contribution in [0.5, 0.6) is 5.75 Å². The molecule has 128 valence electrons. The Bertz CT molecular complexity index is 667. The van der Waals surface area contributed by atoms with E-state index in [1.807, 2.05) is 36.1 Å². The highest BCUT2D eigenvalue weighted by Gasteiger charge is 2.23. The molecular weight excluding hydrogens is 322 g/mol. The largest absolute Gasteiger partial charge is 0.506 e. The number of thiophene rings is 1. The quantitative estimate of drug-likeness (QED) is 0.896. The number of hydrogen-bond donors (Lipinski definition) is 2. The van der Waals surface area contributed by atoms with Crippen molar-refractivity contribution in [3.63, 3.8) is 0 Å². The summed E-state index contributed by atoms with van der Waals surface area (Å²) in [4.78, 5) is 17.6. The van der Waals surface area contributed by atoms with Crippen molar-refractivity contribution in [3.8, 4) is 5.75 Å². The average Bonchev–Trinajstić information content (AvgIpc) is 3.08. The lowest BCUT2D eigenvalue weighted by molar-refractivity contribution is 0.191. The van der Waals surface area contributed by atoms with Crippen LogP contribution in [0.2, 0.25) is 0 Å². The van der Waals surface area contributed by atoms with Gasteiger partial charge in [-0.3, -0.25) is 0 Å². The lowest BCUT2D eigenvalue weighted by Crippen LogP contribution is -2.53. The summed E-state index contributed by atoms with van der Waals surface area (Å²) in [6.07, 6.45) is 0.862. The highest BCUT2D eigenvalue weighted by atomic mass is 32.1. The molecule has 1 aromatic heterocycles. The lowest BCUT2D eigenvalue weighted by Gasteiger charge is -2.36. The Morgan fingerprint density at radius 3 is 2.62 bits per heavy atom. The van der Waals surface area contributed by atoms with Gasteiger partial charge in [-0.05, 0) is 30.5 Å². The van der Waals surface area contributed by atoms with Gasteiger partial charge in [0.25, 0.3) is 0 Å². The number of rotatable bonds is 4. The van der Waals surface area contributed by atoms with E-state index >= 15 is 0 Å². The van der Waals surface area contributed by atoms with Crippen molar-refractivity contribution in [1.82, 2.24) is 10.2 Å². The van der Waals surface area contributed by atoms with E-state index < -0.39 is 0 Å². The van der Waals surface area contributed by atoms with Crippen LogP contribution in [-0.4, -0.2) is 48.3 Å². The van der Waals surface area contributed by atoms with Crippen LogP contribution in [0.15, 0.2) is 41.8 Å². The second kappa shape index (κ2) is 7.57. The van der Waals surface area contributed by atoms with Gasteiger partial charge in [0, 0.05) is 43.5 Å². The van der Waals surface area contributed by atoms with Crippen molar-refractivity contribution in [2.45, 2.75) is 19.4 Å². The number of anilines is 1. The van der Waals surface area contributed by atoms with Crippen molar-refractivity contribution < 1.29 is 9.90 Å². The fourth-order valence-corrected chi connectivity index (χ4v) is 3.80. The number of aromatic hydroxyl groups is 1. The molecule has 6 heteroatoms. The predicted molar refractivity (Wildman–Crippen MR) is 97.9 cm³/mol. The molecule has 1 aliphatic rings. The van der Waals surface area contributed by atoms with E-state index in [1.165, 1.54) is 4.88 Å². The van der Waals surface area contributed by atoms with Crippen LogP contribution in [0.3, 0.4) is 0 Å². The van der Waals surface area contributed by atoms with Crippen LogP contribution in [0.25, 0.3) is 0 Å². The van der Waals surface area contributed by atoms with E-state index in [9.17, 15) is 9.90 Å². The zero-order valence-electron chi connectivity index (χ0n) is 13.8. The van der Waals surface area contributed by atoms with Crippen LogP contribution in [-0.2, 0) is 6.42 Å². The molecular formula is C18H23N3O2S. The van der Waals surface area contributed by atoms with Crippen LogP contribution < -0.4 is 10.2 Å². The molecule has 1 saturated heterocycles. The smallest absolute Gasteiger partial charge is 0.317 e. The summed E-state index contributed by atoms with van der Waals surface area (Å²) < 4.78 is 0. The van der Waals surface area contributed by atoms with Gasteiger partial charge in [0.05, 0.1) is 5.69 Å². The average molecular weight is 345 g/mol. The summed E-state index contributed by atoms with van der Waals surface area (Å²) in [5.41, 5.74) is 0.837. The SMILES string of the molecule is CC(Cc1cccs1)NC(=O)N1CCN(c2ccccc2O)CC1. The van der Waals surface area contributed by atoms with Crippen LogP contribution in [0, 0.1) is 0 Å². The first-order valence-corrected chi connectivity index (χ1v) is 9.12. The molecule has 1 aliphatic heterocycles. The normalized spacial score (nSPS) is 16.0. The number of benzene rings is 1. The standard InChI is InChI=1S/C18H23N3O2S/c1-14(13-15-5-4-12-24-15)19-18(23)21-10-8-20(9-11-21)16-6-2-3-7-17(16)22/h2-7,12,14,22H,8-11,13H2,1H3,(H,19,23). The van der Waals surface area contributed by atoms with E-state index in [4.69, 9.17) is 0 Å². The Morgan fingerprint density at radius 2 is 1.96 bits per heavy atom. The summed E-state index contributed by atoms with van der Waals surface area (Å²) in [6, 6.07) is 11.6. The predicted octanol–water partition coefficient (Wildman–Crippen LogP) is 2.92. The van der Waals surface area contributed by atoms with Gasteiger partial charge in [0.2, 0.25) is 0 Å². The number of para-hydroxylation sites is 2. The molecule has 1 unspecified atom stereocenters. The van der Waals surface area contributed by atoms with Gasteiger partial charge in [0.1, 0.15) is 5.75 Å². The van der Waals surface area contributed by atoms with E-state index in [2.05, 4.69) is 21.7 Å². The summed E-state index contributed by atoms with van der Waals surface area (Å²) in [5.74, 6) is 0.292. The highest BCUT2D eigenvalue weighted by Crippen LogP contribution is 2.27. The third kappa shape index (κ3) is 4.00. The number of carbonyl (C=O) groups excluding carboxylic acids is 1. The minimum Gasteiger partial charge on any atom is -0.506 e. The molecule has 3 rings (SSSR count). The molecule has 0 aliphatic carbocycles. The number of phenolic OH excluding ortho intramolecular Hbond substituents is 1. The number of carbonyl (C=O) groups is 1. The van der Waals surface area contributed by atoms with Crippen molar-refractivity contribution in [3.05, 3.63) is 46.7 Å². The van der Waals surface area contributed by atoms with E-state index in [0.717, 1.165) is 25.2 Å². The summed E-state index contributed by atoms with van der Waals surface area (Å²) in [5, 5.41) is 15.1. The summed E-state index contributed by atoms with van der Waals surface area (Å²) >= 11 is 1.72. The van der Waals surface area contributed by atoms with Crippen LogP contribution in [0.4, 0.5) is 10.5 Å². The maximum atomic E-state index is 12.4. The van der Waals surface area contributed by atoms with E-state index in [0.29, 0.717) is 18.8 Å². The van der Waals surface area contributed by atoms with Gasteiger partial charge < -0.3 is 20.2 Å². The molecule has 2 amide bonds. The van der Waals surface area contributed by atoms with Gasteiger partial charge in [-0.1, -0.05) is 18.2 Å². The fraction of sp³-hybridized carbons (Fsp3) is 0.389. The number of piperazine rings is 1. The molecule has 2 heterocycles. The number of amides is 2. The number of nitrogens with zero attached hydrogens (tertiary/aromatic N) is 2. The molecule has 0 bridgehead atoms. The lowest BCUT2D eigenvalue weighted by atomic mass is 10.2. The zero-order valence-corrected chi connectivity index (χ0v) is 14.6. The first-order valence-electron chi connectivity index (χ1n) is 8.24. The van der Waals surface area contributed by atoms with Gasteiger partial charge in [0.15, 0.2) is 0 Å². The number of phenols is 1. The fourth-order valence-electron chi connectivity index (χ4n) is 2.97. The minimum atomic E-state index is -0.00371. The first-order chi connectivity index (χ1) is 11.6. The Labute approximate surface area is 146 Å². The van der Waals surface area contributed by atoms with Crippen LogP contribution >= 0.6 is 11.3 Å². The van der Waals surface area contributed by atoms with Gasteiger partial charge in [-0.15, -0.1) is 11.3 Å². The molecule has 0 spiro atoms. The highest BCUT2D eigenvalue weighted by molar-refractivity contribution is 7.09. The second-order valence-corrected chi connectivity index (χ2v) is 7.13. The van der Waals surface area contributed by atoms with Gasteiger partial charge >= 0.3 is 6.03 Å². The number of urea groups is 1. The maximum Gasteiger partial charge on any atom is 0.317 e. The second-order valence-electron chi connectivity index (χ2n) is 6.10. The summed E-state index contributed by atoms with van der Waals surface area (Å²) in [6.45, 7) is 4.81. The first kappa shape index (κ1) is 16.6. The van der Waals surface area contributed by atoms with Crippen molar-refractivity contribution in [2.75, 3.05) is 31.1 Å². The monoisotopic (exact) mass is 345 g/mol. The molecule has 1 fully saturated rings. The van der Waals surface area contributed by atoms with E-state index in [1.54, 1.807) is 17.4 Å². The molecule has 24 heavy (non-hydrogen) atoms. The topological polar surface area (TPSA) is 55.8 Å². The Morgan fingerprint density at radius 1 is 1.21 bits per heavy atom. The number of nitrogens with one attached hydrogen (secondary N) is 1. The minimum absolute atomic E-state index is 0.00371. The third-order valence-electron chi connectivity index (χ3n) is 4.25. The molecule has 1 atom stereocenters. The summed E-state index contributed by atoms with van der Waals surface area (Å²) in [7, 11) is 0. The zero-order chi connectivity index (χ0) is 16.9. The Kier molecular flexibility index (Phi) is 5.25. The Hall–Kier alpha value is -2.21. The van der Waals surface area contributed by atoms with Gasteiger partial charge in [-0.2, -0.15) is 0 Å². The molecule has 0 saturated carbocycles. The van der Waals surface area contributed by atoms with Crippen molar-refractivity contribution in [1.29, 1.82) is 0 Å². The third-order valence-corrected chi connectivity index (χ3v) is 5.15. The molecule has 2 N–H and O–H groups in total. The Balaban J connectivity index is 1.49. The maximum absolute atomic E-state index is 12.4. The molecule has 2 aromatic rings.